The summed E-state index contributed by atoms with van der Waals surface area (Å²) in [5, 5.41) is 2.98. The smallest absolute Gasteiger partial charge is 0.331 e. The zero-order chi connectivity index (χ0) is 12.1. The second-order valence-electron chi connectivity index (χ2n) is 2.75. The molecule has 0 bridgehead atoms. The van der Waals surface area contributed by atoms with Crippen molar-refractivity contribution in [2.24, 2.45) is 0 Å². The van der Waals surface area contributed by atoms with Crippen molar-refractivity contribution in [1.82, 2.24) is 0 Å². The van der Waals surface area contributed by atoms with Crippen LogP contribution in [-0.2, 0) is 9.53 Å². The lowest BCUT2D eigenvalue weighted by molar-refractivity contribution is -0.134. The average Bonchev–Trinajstić information content (AvgIpc) is 2.21. The van der Waals surface area contributed by atoms with Crippen LogP contribution in [0.15, 0.2) is 37.8 Å². The molecule has 86 valence electrons. The lowest BCUT2D eigenvalue weighted by Crippen LogP contribution is -1.97. The Morgan fingerprint density at radius 2 is 1.88 bits per heavy atom. The van der Waals surface area contributed by atoms with Crippen LogP contribution in [0.4, 0.5) is 5.69 Å². The topological polar surface area (TPSA) is 38.3 Å². The Labute approximate surface area is 119 Å². The second kappa shape index (κ2) is 6.42. The minimum atomic E-state index is -0.406. The third-order valence-corrected chi connectivity index (χ3v) is 3.36. The van der Waals surface area contributed by atoms with Gasteiger partial charge in [0.15, 0.2) is 0 Å². The molecule has 0 saturated carbocycles. The van der Waals surface area contributed by atoms with E-state index in [0.29, 0.717) is 0 Å². The molecule has 1 aromatic rings. The maximum Gasteiger partial charge on any atom is 0.331 e. The number of carbonyl (C=O) groups excluding carboxylic acids is 1. The first kappa shape index (κ1) is 13.7. The summed E-state index contributed by atoms with van der Waals surface area (Å²) in [5.74, 6) is -0.406. The van der Waals surface area contributed by atoms with Gasteiger partial charge in [0.2, 0.25) is 0 Å². The highest BCUT2D eigenvalue weighted by atomic mass is 79.9. The van der Waals surface area contributed by atoms with Crippen LogP contribution in [0.3, 0.4) is 0 Å². The van der Waals surface area contributed by atoms with Crippen molar-refractivity contribution in [3.8, 4) is 0 Å². The van der Waals surface area contributed by atoms with Crippen LogP contribution in [0.5, 0.6) is 0 Å². The molecule has 0 aromatic heterocycles. The molecule has 0 saturated heterocycles. The molecule has 6 heteroatoms. The maximum atomic E-state index is 10.8. The number of esters is 1. The van der Waals surface area contributed by atoms with Crippen LogP contribution in [0.25, 0.3) is 0 Å². The summed E-state index contributed by atoms with van der Waals surface area (Å²) in [6.07, 6.45) is 2.82. The molecule has 0 aliphatic rings. The normalized spacial score (nSPS) is 10.5. The largest absolute Gasteiger partial charge is 0.466 e. The van der Waals surface area contributed by atoms with Gasteiger partial charge in [-0.15, -0.1) is 0 Å². The molecule has 0 heterocycles. The molecule has 0 aliphatic carbocycles. The quantitative estimate of drug-likeness (QED) is 0.599. The van der Waals surface area contributed by atoms with Crippen molar-refractivity contribution in [3.63, 3.8) is 0 Å². The Morgan fingerprint density at radius 3 is 2.38 bits per heavy atom. The van der Waals surface area contributed by atoms with E-state index in [9.17, 15) is 4.79 Å². The molecule has 1 rings (SSSR count). The van der Waals surface area contributed by atoms with E-state index in [1.165, 1.54) is 19.4 Å². The van der Waals surface area contributed by atoms with Gasteiger partial charge in [-0.3, -0.25) is 0 Å². The average molecular weight is 414 g/mol. The fourth-order valence-electron chi connectivity index (χ4n) is 0.941. The van der Waals surface area contributed by atoms with E-state index in [0.717, 1.165) is 19.1 Å². The summed E-state index contributed by atoms with van der Waals surface area (Å²) in [6, 6.07) is 3.80. The van der Waals surface area contributed by atoms with Gasteiger partial charge in [0.05, 0.1) is 12.8 Å². The van der Waals surface area contributed by atoms with Crippen LogP contribution in [0.1, 0.15) is 0 Å². The van der Waals surface area contributed by atoms with E-state index in [4.69, 9.17) is 0 Å². The van der Waals surface area contributed by atoms with Gasteiger partial charge in [0, 0.05) is 25.7 Å². The highest BCUT2D eigenvalue weighted by Crippen LogP contribution is 2.34. The van der Waals surface area contributed by atoms with Crippen LogP contribution in [-0.4, -0.2) is 13.1 Å². The van der Waals surface area contributed by atoms with E-state index in [2.05, 4.69) is 57.8 Å². The number of carbonyl (C=O) groups is 1. The van der Waals surface area contributed by atoms with Gasteiger partial charge in [-0.1, -0.05) is 15.9 Å². The molecule has 0 unspecified atom stereocenters. The van der Waals surface area contributed by atoms with Crippen molar-refractivity contribution in [2.45, 2.75) is 0 Å². The van der Waals surface area contributed by atoms with Gasteiger partial charge in [0.1, 0.15) is 0 Å². The number of nitrogens with one attached hydrogen (secondary N) is 1. The molecular formula is C10H8Br3NO2. The summed E-state index contributed by atoms with van der Waals surface area (Å²) in [6.45, 7) is 0. The van der Waals surface area contributed by atoms with Crippen LogP contribution in [0, 0.1) is 0 Å². The van der Waals surface area contributed by atoms with Crippen LogP contribution < -0.4 is 5.32 Å². The fraction of sp³-hybridized carbons (Fsp3) is 0.100. The third-order valence-electron chi connectivity index (χ3n) is 1.66. The zero-order valence-electron chi connectivity index (χ0n) is 8.26. The monoisotopic (exact) mass is 411 g/mol. The van der Waals surface area contributed by atoms with Crippen molar-refractivity contribution in [1.29, 1.82) is 0 Å². The summed E-state index contributed by atoms with van der Waals surface area (Å²) in [7, 11) is 1.33. The Balaban J connectivity index is 2.82. The fourth-order valence-corrected chi connectivity index (χ4v) is 3.43. The molecule has 1 N–H and O–H groups in total. The Kier molecular flexibility index (Phi) is 5.51. The van der Waals surface area contributed by atoms with E-state index < -0.39 is 5.97 Å². The molecular weight excluding hydrogens is 406 g/mol. The van der Waals surface area contributed by atoms with Crippen molar-refractivity contribution >= 4 is 59.4 Å². The Morgan fingerprint density at radius 1 is 1.31 bits per heavy atom. The first-order chi connectivity index (χ1) is 7.54. The van der Waals surface area contributed by atoms with Gasteiger partial charge in [-0.25, -0.2) is 4.79 Å². The first-order valence-corrected chi connectivity index (χ1v) is 6.58. The summed E-state index contributed by atoms with van der Waals surface area (Å²) in [5.41, 5.74) is 0.836. The molecule has 0 radical (unpaired) electrons. The van der Waals surface area contributed by atoms with E-state index in [1.807, 2.05) is 12.1 Å². The molecule has 0 atom stereocenters. The molecule has 1 aromatic carbocycles. The SMILES string of the molecule is COC(=O)/C=C/Nc1c(Br)cc(Br)cc1Br. The predicted molar refractivity (Wildman–Crippen MR) is 74.3 cm³/mol. The number of hydrogen-bond acceptors (Lipinski definition) is 3. The van der Waals surface area contributed by atoms with Crippen molar-refractivity contribution in [2.75, 3.05) is 12.4 Å². The lowest BCUT2D eigenvalue weighted by atomic mass is 10.3. The van der Waals surface area contributed by atoms with Gasteiger partial charge in [0.25, 0.3) is 0 Å². The van der Waals surface area contributed by atoms with E-state index >= 15 is 0 Å². The third kappa shape index (κ3) is 3.92. The Bertz CT molecular complexity index is 409. The van der Waals surface area contributed by atoms with Crippen molar-refractivity contribution in [3.05, 3.63) is 37.8 Å². The van der Waals surface area contributed by atoms with Crippen LogP contribution in [0.2, 0.25) is 0 Å². The molecule has 0 fully saturated rings. The lowest BCUT2D eigenvalue weighted by Gasteiger charge is -2.07. The Hall–Kier alpha value is -0.330. The minimum absolute atomic E-state index is 0.406. The van der Waals surface area contributed by atoms with Gasteiger partial charge in [-0.2, -0.15) is 0 Å². The number of halogens is 3. The minimum Gasteiger partial charge on any atom is -0.466 e. The van der Waals surface area contributed by atoms with Gasteiger partial charge < -0.3 is 10.1 Å². The maximum absolute atomic E-state index is 10.8. The molecule has 0 spiro atoms. The van der Waals surface area contributed by atoms with E-state index in [-0.39, 0.29) is 0 Å². The number of anilines is 1. The second-order valence-corrected chi connectivity index (χ2v) is 5.37. The molecule has 0 aliphatic heterocycles. The molecule has 16 heavy (non-hydrogen) atoms. The summed E-state index contributed by atoms with van der Waals surface area (Å²) in [4.78, 5) is 10.8. The molecule has 3 nitrogen and oxygen atoms in total. The highest BCUT2D eigenvalue weighted by Gasteiger charge is 2.04. The standard InChI is InChI=1S/C10H8Br3NO2/c1-16-9(15)2-3-14-10-7(12)4-6(11)5-8(10)13/h2-5,14H,1H3/b3-2+. The molecule has 0 amide bonds. The summed E-state index contributed by atoms with van der Waals surface area (Å²) >= 11 is 10.2. The highest BCUT2D eigenvalue weighted by molar-refractivity contribution is 9.11. The van der Waals surface area contributed by atoms with Gasteiger partial charge >= 0.3 is 5.97 Å². The van der Waals surface area contributed by atoms with Crippen LogP contribution >= 0.6 is 47.8 Å². The number of hydrogen-bond donors (Lipinski definition) is 1. The van der Waals surface area contributed by atoms with Crippen molar-refractivity contribution < 1.29 is 9.53 Å². The van der Waals surface area contributed by atoms with E-state index in [1.54, 1.807) is 0 Å². The number of ether oxygens (including phenoxy) is 1. The first-order valence-electron chi connectivity index (χ1n) is 4.20. The predicted octanol–water partition coefficient (Wildman–Crippen LogP) is 4.07. The zero-order valence-corrected chi connectivity index (χ0v) is 13.0. The number of rotatable bonds is 3. The summed E-state index contributed by atoms with van der Waals surface area (Å²) < 4.78 is 7.18. The number of methoxy groups -OCH3 is 1. The number of benzene rings is 1. The van der Waals surface area contributed by atoms with Gasteiger partial charge in [-0.05, 0) is 44.0 Å².